The predicted molar refractivity (Wildman–Crippen MR) is 76.2 cm³/mol. The second-order valence-electron chi connectivity index (χ2n) is 5.03. The van der Waals surface area contributed by atoms with E-state index in [0.717, 1.165) is 44.1 Å². The average Bonchev–Trinajstić information content (AvgIpc) is 2.40. The molecule has 1 amide bonds. The summed E-state index contributed by atoms with van der Waals surface area (Å²) in [4.78, 5) is 20.0. The number of rotatable bonds is 4. The van der Waals surface area contributed by atoms with E-state index in [0.29, 0.717) is 6.54 Å². The molecule has 5 heteroatoms. The fourth-order valence-electron chi connectivity index (χ4n) is 2.41. The summed E-state index contributed by atoms with van der Waals surface area (Å²) in [5.74, 6) is 0.828. The Morgan fingerprint density at radius 3 is 2.58 bits per heavy atom. The highest BCUT2D eigenvalue weighted by atomic mass is 16.1. The molecule has 0 bridgehead atoms. The zero-order valence-corrected chi connectivity index (χ0v) is 11.7. The monoisotopic (exact) mass is 262 g/mol. The van der Waals surface area contributed by atoms with Gasteiger partial charge in [0.2, 0.25) is 5.91 Å². The molecule has 2 heterocycles. The van der Waals surface area contributed by atoms with Crippen molar-refractivity contribution >= 4 is 11.7 Å². The lowest BCUT2D eigenvalue weighted by atomic mass is 10.2. The van der Waals surface area contributed by atoms with Crippen molar-refractivity contribution in [1.82, 2.24) is 9.88 Å². The molecular formula is C14H22N4O. The van der Waals surface area contributed by atoms with Crippen LogP contribution in [0.1, 0.15) is 18.2 Å². The third-order valence-electron chi connectivity index (χ3n) is 3.54. The van der Waals surface area contributed by atoms with E-state index < -0.39 is 0 Å². The molecule has 0 spiro atoms. The van der Waals surface area contributed by atoms with Gasteiger partial charge in [-0.2, -0.15) is 0 Å². The van der Waals surface area contributed by atoms with Crippen LogP contribution in [0.25, 0.3) is 0 Å². The van der Waals surface area contributed by atoms with Crippen LogP contribution < -0.4 is 10.6 Å². The van der Waals surface area contributed by atoms with Gasteiger partial charge in [-0.05, 0) is 25.0 Å². The first-order chi connectivity index (χ1) is 9.10. The summed E-state index contributed by atoms with van der Waals surface area (Å²) in [7, 11) is 0. The van der Waals surface area contributed by atoms with Crippen LogP contribution in [-0.4, -0.2) is 48.5 Å². The molecule has 0 radical (unpaired) electrons. The van der Waals surface area contributed by atoms with Crippen LogP contribution in [0.4, 0.5) is 5.82 Å². The lowest BCUT2D eigenvalue weighted by Gasteiger charge is -2.35. The van der Waals surface area contributed by atoms with Crippen LogP contribution >= 0.6 is 0 Å². The van der Waals surface area contributed by atoms with Crippen LogP contribution in [0.2, 0.25) is 0 Å². The van der Waals surface area contributed by atoms with Crippen LogP contribution in [0, 0.1) is 6.92 Å². The fraction of sp³-hybridized carbons (Fsp3) is 0.571. The minimum atomic E-state index is -0.254. The number of hydrogen-bond acceptors (Lipinski definition) is 4. The molecule has 0 unspecified atom stereocenters. The Labute approximate surface area is 114 Å². The number of anilines is 1. The molecule has 1 aliphatic heterocycles. The quantitative estimate of drug-likeness (QED) is 0.861. The summed E-state index contributed by atoms with van der Waals surface area (Å²) in [6.45, 7) is 8.09. The number of aryl methyl sites for hydroxylation is 2. The molecule has 1 fully saturated rings. The highest BCUT2D eigenvalue weighted by Crippen LogP contribution is 2.19. The van der Waals surface area contributed by atoms with E-state index in [1.165, 1.54) is 5.56 Å². The van der Waals surface area contributed by atoms with Gasteiger partial charge in [-0.25, -0.2) is 4.98 Å². The number of amides is 1. The Bertz CT molecular complexity index is 453. The summed E-state index contributed by atoms with van der Waals surface area (Å²) in [6.07, 6.45) is 0.953. The summed E-state index contributed by atoms with van der Waals surface area (Å²) in [5, 5.41) is 0. The third kappa shape index (κ3) is 3.44. The number of carbonyl (C=O) groups is 1. The van der Waals surface area contributed by atoms with E-state index in [-0.39, 0.29) is 5.91 Å². The molecule has 1 aliphatic rings. The Hall–Kier alpha value is -1.62. The molecule has 1 aromatic heterocycles. The van der Waals surface area contributed by atoms with Crippen molar-refractivity contribution in [3.63, 3.8) is 0 Å². The molecule has 2 N–H and O–H groups in total. The van der Waals surface area contributed by atoms with Crippen molar-refractivity contribution in [2.75, 3.05) is 37.6 Å². The van der Waals surface area contributed by atoms with Crippen molar-refractivity contribution in [3.8, 4) is 0 Å². The van der Waals surface area contributed by atoms with E-state index in [4.69, 9.17) is 10.7 Å². The summed E-state index contributed by atoms with van der Waals surface area (Å²) in [6, 6.07) is 4.22. The summed E-state index contributed by atoms with van der Waals surface area (Å²) in [5.41, 5.74) is 7.56. The van der Waals surface area contributed by atoms with Crippen molar-refractivity contribution < 1.29 is 4.79 Å². The Morgan fingerprint density at radius 1 is 1.32 bits per heavy atom. The molecule has 104 valence electrons. The van der Waals surface area contributed by atoms with E-state index in [1.54, 1.807) is 0 Å². The van der Waals surface area contributed by atoms with Gasteiger partial charge >= 0.3 is 0 Å². The molecular weight excluding hydrogens is 240 g/mol. The van der Waals surface area contributed by atoms with Gasteiger partial charge in [0.15, 0.2) is 0 Å². The van der Waals surface area contributed by atoms with Gasteiger partial charge in [0, 0.05) is 31.9 Å². The second kappa shape index (κ2) is 6.02. The van der Waals surface area contributed by atoms with Crippen molar-refractivity contribution in [2.45, 2.75) is 20.3 Å². The van der Waals surface area contributed by atoms with E-state index in [2.05, 4.69) is 35.8 Å². The maximum Gasteiger partial charge on any atom is 0.231 e. The Kier molecular flexibility index (Phi) is 4.37. The number of carbonyl (C=O) groups excluding carboxylic acids is 1. The lowest BCUT2D eigenvalue weighted by molar-refractivity contribution is -0.119. The fourth-order valence-corrected chi connectivity index (χ4v) is 2.41. The largest absolute Gasteiger partial charge is 0.369 e. The highest BCUT2D eigenvalue weighted by molar-refractivity contribution is 5.75. The van der Waals surface area contributed by atoms with Gasteiger partial charge in [0.1, 0.15) is 5.82 Å². The van der Waals surface area contributed by atoms with E-state index >= 15 is 0 Å². The molecule has 5 nitrogen and oxygen atoms in total. The number of hydrogen-bond donors (Lipinski definition) is 1. The van der Waals surface area contributed by atoms with Crippen LogP contribution in [0.5, 0.6) is 0 Å². The second-order valence-corrected chi connectivity index (χ2v) is 5.03. The van der Waals surface area contributed by atoms with Crippen molar-refractivity contribution in [2.24, 2.45) is 5.73 Å². The summed E-state index contributed by atoms with van der Waals surface area (Å²) < 4.78 is 0. The first-order valence-electron chi connectivity index (χ1n) is 6.82. The van der Waals surface area contributed by atoms with Gasteiger partial charge in [-0.3, -0.25) is 9.69 Å². The third-order valence-corrected chi connectivity index (χ3v) is 3.54. The smallest absolute Gasteiger partial charge is 0.231 e. The zero-order chi connectivity index (χ0) is 13.8. The number of piperazine rings is 1. The molecule has 2 rings (SSSR count). The minimum Gasteiger partial charge on any atom is -0.369 e. The van der Waals surface area contributed by atoms with Crippen molar-refractivity contribution in [1.29, 1.82) is 0 Å². The Morgan fingerprint density at radius 2 is 2.00 bits per heavy atom. The first kappa shape index (κ1) is 13.8. The van der Waals surface area contributed by atoms with Gasteiger partial charge in [0.25, 0.3) is 0 Å². The maximum atomic E-state index is 10.9. The number of nitrogens with zero attached hydrogens (tertiary/aromatic N) is 3. The molecule has 0 atom stereocenters. The van der Waals surface area contributed by atoms with Gasteiger partial charge in [-0.1, -0.05) is 13.0 Å². The summed E-state index contributed by atoms with van der Waals surface area (Å²) >= 11 is 0. The number of nitrogens with two attached hydrogens (primary N) is 1. The highest BCUT2D eigenvalue weighted by Gasteiger charge is 2.20. The lowest BCUT2D eigenvalue weighted by Crippen LogP contribution is -2.49. The predicted octanol–water partition coefficient (Wildman–Crippen LogP) is 0.560. The number of pyridine rings is 1. The van der Waals surface area contributed by atoms with Crippen LogP contribution in [0.3, 0.4) is 0 Å². The normalized spacial score (nSPS) is 16.6. The first-order valence-corrected chi connectivity index (χ1v) is 6.82. The average molecular weight is 262 g/mol. The van der Waals surface area contributed by atoms with Gasteiger partial charge < -0.3 is 10.6 Å². The van der Waals surface area contributed by atoms with Gasteiger partial charge in [0.05, 0.1) is 6.54 Å². The number of primary amides is 1. The molecule has 0 aromatic carbocycles. The molecule has 19 heavy (non-hydrogen) atoms. The maximum absolute atomic E-state index is 10.9. The van der Waals surface area contributed by atoms with Gasteiger partial charge in [-0.15, -0.1) is 0 Å². The molecule has 1 aromatic rings. The molecule has 1 saturated heterocycles. The molecule has 0 saturated carbocycles. The van der Waals surface area contributed by atoms with Crippen molar-refractivity contribution in [3.05, 3.63) is 23.4 Å². The Balaban J connectivity index is 2.03. The van der Waals surface area contributed by atoms with Crippen LogP contribution in [0.15, 0.2) is 12.1 Å². The van der Waals surface area contributed by atoms with E-state index in [1.807, 2.05) is 0 Å². The standard InChI is InChI=1S/C14H22N4O/c1-3-12-5-4-11(2)14(16-12)18-8-6-17(7-9-18)10-13(15)19/h4-5H,3,6-10H2,1-2H3,(H2,15,19). The number of aromatic nitrogens is 1. The zero-order valence-electron chi connectivity index (χ0n) is 11.7. The van der Waals surface area contributed by atoms with Crippen LogP contribution in [-0.2, 0) is 11.2 Å². The molecule has 0 aliphatic carbocycles. The minimum absolute atomic E-state index is 0.254. The SMILES string of the molecule is CCc1ccc(C)c(N2CCN(CC(N)=O)CC2)n1. The topological polar surface area (TPSA) is 62.5 Å². The van der Waals surface area contributed by atoms with E-state index in [9.17, 15) is 4.79 Å².